The Morgan fingerprint density at radius 3 is 2.68 bits per heavy atom. The summed E-state index contributed by atoms with van der Waals surface area (Å²) in [6.07, 6.45) is 0. The van der Waals surface area contributed by atoms with E-state index in [9.17, 15) is 5.26 Å². The predicted octanol–water partition coefficient (Wildman–Crippen LogP) is 3.83. The minimum absolute atomic E-state index is 0.0115. The molecule has 110 valence electrons. The number of fused-ring (bicyclic) bond motifs is 3. The van der Waals surface area contributed by atoms with Crippen LogP contribution in [0.2, 0.25) is 0 Å². The lowest BCUT2D eigenvalue weighted by Crippen LogP contribution is -2.22. The molecular weight excluding hydrogens is 292 g/mol. The van der Waals surface area contributed by atoms with Crippen molar-refractivity contribution in [2.75, 3.05) is 0 Å². The third-order valence-corrected chi connectivity index (χ3v) is 3.99. The number of hydrogen-bond acceptors (Lipinski definition) is 2. The van der Waals surface area contributed by atoms with Crippen molar-refractivity contribution in [3.8, 4) is 6.07 Å². The molecule has 0 saturated heterocycles. The molecular formula is C17H16N4S. The first-order valence-electron chi connectivity index (χ1n) is 7.10. The van der Waals surface area contributed by atoms with Gasteiger partial charge in [0, 0.05) is 28.4 Å². The normalized spacial score (nSPS) is 12.2. The Kier molecular flexibility index (Phi) is 3.78. The summed E-state index contributed by atoms with van der Waals surface area (Å²) in [4.78, 5) is 0. The van der Waals surface area contributed by atoms with Gasteiger partial charge in [0.25, 0.3) is 0 Å². The maximum Gasteiger partial charge on any atom is 0.151 e. The van der Waals surface area contributed by atoms with Crippen molar-refractivity contribution in [3.05, 3.63) is 48.0 Å². The van der Waals surface area contributed by atoms with Gasteiger partial charge in [-0.1, -0.05) is 24.3 Å². The Morgan fingerprint density at radius 1 is 1.27 bits per heavy atom. The topological polar surface area (TPSA) is 64.6 Å². The highest BCUT2D eigenvalue weighted by Gasteiger charge is 2.14. The van der Waals surface area contributed by atoms with Gasteiger partial charge in [0.1, 0.15) is 6.04 Å². The summed E-state index contributed by atoms with van der Waals surface area (Å²) in [6, 6.07) is 15.9. The zero-order valence-electron chi connectivity index (χ0n) is 12.2. The second kappa shape index (κ2) is 5.74. The molecule has 4 nitrogen and oxygen atoms in total. The smallest absolute Gasteiger partial charge is 0.151 e. The molecule has 0 aliphatic rings. The number of nitriles is 1. The molecule has 3 rings (SSSR count). The third kappa shape index (κ3) is 2.32. The molecule has 0 radical (unpaired) electrons. The number of hydrogen-bond donors (Lipinski definition) is 3. The van der Waals surface area contributed by atoms with Crippen LogP contribution in [0.15, 0.2) is 42.5 Å². The van der Waals surface area contributed by atoms with Crippen molar-refractivity contribution in [2.45, 2.75) is 19.5 Å². The fourth-order valence-corrected chi connectivity index (χ4v) is 3.05. The summed E-state index contributed by atoms with van der Waals surface area (Å²) in [5.74, 6) is 0. The highest BCUT2D eigenvalue weighted by molar-refractivity contribution is 7.96. The van der Waals surface area contributed by atoms with E-state index >= 15 is 0 Å². The van der Waals surface area contributed by atoms with Crippen LogP contribution in [-0.4, -0.2) is 9.73 Å². The zero-order valence-corrected chi connectivity index (χ0v) is 13.1. The SMILES string of the molecule is CCn1c2ccccc2c2cc(C(C#N)NC(=N)S)ccc21. The highest BCUT2D eigenvalue weighted by Crippen LogP contribution is 2.31. The van der Waals surface area contributed by atoms with E-state index < -0.39 is 6.04 Å². The Hall–Kier alpha value is -2.45. The highest BCUT2D eigenvalue weighted by atomic mass is 32.1. The van der Waals surface area contributed by atoms with Crippen LogP contribution in [0, 0.1) is 16.7 Å². The molecule has 0 saturated carbocycles. The molecule has 0 bridgehead atoms. The number of amidine groups is 1. The van der Waals surface area contributed by atoms with Crippen LogP contribution in [-0.2, 0) is 6.54 Å². The molecule has 1 unspecified atom stereocenters. The zero-order chi connectivity index (χ0) is 15.7. The Bertz CT molecular complexity index is 904. The number of benzene rings is 2. The van der Waals surface area contributed by atoms with Crippen LogP contribution in [0.4, 0.5) is 0 Å². The van der Waals surface area contributed by atoms with Gasteiger partial charge in [0.15, 0.2) is 5.17 Å². The second-order valence-corrected chi connectivity index (χ2v) is 5.54. The molecule has 2 aromatic carbocycles. The quantitative estimate of drug-likeness (QED) is 0.391. The minimum Gasteiger partial charge on any atom is -0.346 e. The predicted molar refractivity (Wildman–Crippen MR) is 93.3 cm³/mol. The Morgan fingerprint density at radius 2 is 2.00 bits per heavy atom. The molecule has 0 aliphatic heterocycles. The average molecular weight is 308 g/mol. The number of aryl methyl sites for hydroxylation is 1. The van der Waals surface area contributed by atoms with Crippen molar-refractivity contribution < 1.29 is 0 Å². The van der Waals surface area contributed by atoms with Crippen LogP contribution >= 0.6 is 12.6 Å². The van der Waals surface area contributed by atoms with Crippen molar-refractivity contribution in [1.82, 2.24) is 9.88 Å². The van der Waals surface area contributed by atoms with Crippen LogP contribution in [0.3, 0.4) is 0 Å². The van der Waals surface area contributed by atoms with Crippen LogP contribution in [0.1, 0.15) is 18.5 Å². The van der Waals surface area contributed by atoms with Crippen molar-refractivity contribution in [2.24, 2.45) is 0 Å². The summed E-state index contributed by atoms with van der Waals surface area (Å²) in [7, 11) is 0. The van der Waals surface area contributed by atoms with Crippen molar-refractivity contribution in [1.29, 1.82) is 10.7 Å². The number of para-hydroxylation sites is 1. The van der Waals surface area contributed by atoms with Gasteiger partial charge < -0.3 is 9.88 Å². The number of thiol groups is 1. The van der Waals surface area contributed by atoms with Crippen molar-refractivity contribution in [3.63, 3.8) is 0 Å². The number of aromatic nitrogens is 1. The van der Waals surface area contributed by atoms with Crippen LogP contribution in [0.25, 0.3) is 21.8 Å². The van der Waals surface area contributed by atoms with Gasteiger partial charge in [-0.3, -0.25) is 5.41 Å². The number of nitrogens with zero attached hydrogens (tertiary/aromatic N) is 2. The van der Waals surface area contributed by atoms with E-state index in [0.717, 1.165) is 23.0 Å². The molecule has 0 aliphatic carbocycles. The fraction of sp³-hybridized carbons (Fsp3) is 0.176. The second-order valence-electron chi connectivity index (χ2n) is 5.09. The first kappa shape index (κ1) is 14.5. The lowest BCUT2D eigenvalue weighted by molar-refractivity contribution is 0.809. The van der Waals surface area contributed by atoms with Gasteiger partial charge in [0.2, 0.25) is 0 Å². The molecule has 5 heteroatoms. The van der Waals surface area contributed by atoms with Gasteiger partial charge in [-0.05, 0) is 30.7 Å². The monoisotopic (exact) mass is 308 g/mol. The Balaban J connectivity index is 2.24. The van der Waals surface area contributed by atoms with E-state index in [-0.39, 0.29) is 5.17 Å². The molecule has 0 spiro atoms. The minimum atomic E-state index is -0.571. The molecule has 1 aromatic heterocycles. The van der Waals surface area contributed by atoms with Crippen LogP contribution in [0.5, 0.6) is 0 Å². The van der Waals surface area contributed by atoms with Gasteiger partial charge in [-0.25, -0.2) is 0 Å². The van der Waals surface area contributed by atoms with Crippen LogP contribution < -0.4 is 5.32 Å². The first-order valence-corrected chi connectivity index (χ1v) is 7.55. The van der Waals surface area contributed by atoms with Gasteiger partial charge in [-0.2, -0.15) is 5.26 Å². The van der Waals surface area contributed by atoms with E-state index in [1.807, 2.05) is 30.3 Å². The summed E-state index contributed by atoms with van der Waals surface area (Å²) >= 11 is 3.91. The van der Waals surface area contributed by atoms with Gasteiger partial charge >= 0.3 is 0 Å². The maximum atomic E-state index is 9.32. The van der Waals surface area contributed by atoms with E-state index in [4.69, 9.17) is 5.41 Å². The van der Waals surface area contributed by atoms with E-state index in [0.29, 0.717) is 0 Å². The number of rotatable bonds is 3. The summed E-state index contributed by atoms with van der Waals surface area (Å²) in [6.45, 7) is 3.02. The summed E-state index contributed by atoms with van der Waals surface area (Å²) in [5, 5.41) is 21.8. The number of nitrogens with one attached hydrogen (secondary N) is 2. The van der Waals surface area contributed by atoms with E-state index in [1.165, 1.54) is 10.9 Å². The summed E-state index contributed by atoms with van der Waals surface area (Å²) in [5.41, 5.74) is 3.19. The molecule has 0 amide bonds. The first-order chi connectivity index (χ1) is 10.7. The fourth-order valence-electron chi connectivity index (χ4n) is 2.92. The molecule has 3 aromatic rings. The molecule has 0 fully saturated rings. The molecule has 2 N–H and O–H groups in total. The maximum absolute atomic E-state index is 9.32. The lowest BCUT2D eigenvalue weighted by atomic mass is 10.0. The molecule has 1 heterocycles. The van der Waals surface area contributed by atoms with Gasteiger partial charge in [0.05, 0.1) is 6.07 Å². The van der Waals surface area contributed by atoms with Gasteiger partial charge in [-0.15, -0.1) is 12.6 Å². The third-order valence-electron chi connectivity index (χ3n) is 3.86. The van der Waals surface area contributed by atoms with E-state index in [2.05, 4.69) is 47.6 Å². The standard InChI is InChI=1S/C17H16N4S/c1-2-21-15-6-4-3-5-12(15)13-9-11(7-8-16(13)21)14(10-18)20-17(19)22/h3-9,14H,2H2,1H3,(H3,19,20,22). The average Bonchev–Trinajstić information content (AvgIpc) is 2.85. The summed E-state index contributed by atoms with van der Waals surface area (Å²) < 4.78 is 2.27. The molecule has 22 heavy (non-hydrogen) atoms. The van der Waals surface area contributed by atoms with Crippen molar-refractivity contribution >= 4 is 39.6 Å². The lowest BCUT2D eigenvalue weighted by Gasteiger charge is -2.11. The molecule has 1 atom stereocenters. The Labute approximate surface area is 134 Å². The van der Waals surface area contributed by atoms with E-state index in [1.54, 1.807) is 0 Å². The largest absolute Gasteiger partial charge is 0.346 e.